The number of nitrogens with one attached hydrogen (secondary N) is 3. The van der Waals surface area contributed by atoms with Gasteiger partial charge in [-0.15, -0.1) is 9.40 Å². The fourth-order valence-electron chi connectivity index (χ4n) is 4.13. The van der Waals surface area contributed by atoms with Gasteiger partial charge in [0.25, 0.3) is 11.8 Å². The standard InChI is InChI=1S/C20H30N4O9S2/c25-15(7-4-3-6-13-18-12(11-34-13)22-20(29)23-18)21-9-5-1-2-8-17(27)31-24-16(26)10-14(19(24)28)35-33-32-30/h12-14,18,30H,1-11H2,(H,21,25)(H2,22,23,29). The predicted molar refractivity (Wildman–Crippen MR) is 124 cm³/mol. The van der Waals surface area contributed by atoms with Crippen LogP contribution >= 0.6 is 23.8 Å². The molecule has 0 bridgehead atoms. The van der Waals surface area contributed by atoms with Gasteiger partial charge in [0.05, 0.1) is 18.5 Å². The summed E-state index contributed by atoms with van der Waals surface area (Å²) in [6.07, 6.45) is 4.76. The Balaban J connectivity index is 1.17. The molecule has 3 saturated heterocycles. The van der Waals surface area contributed by atoms with E-state index in [0.717, 1.165) is 25.0 Å². The van der Waals surface area contributed by atoms with Gasteiger partial charge in [0, 0.05) is 42.4 Å². The van der Waals surface area contributed by atoms with Crippen LogP contribution in [0.2, 0.25) is 0 Å². The molecule has 3 rings (SSSR count). The zero-order valence-electron chi connectivity index (χ0n) is 19.1. The van der Waals surface area contributed by atoms with Crippen LogP contribution in [0.4, 0.5) is 4.79 Å². The van der Waals surface area contributed by atoms with Gasteiger partial charge in [0.1, 0.15) is 5.25 Å². The van der Waals surface area contributed by atoms with Gasteiger partial charge in [0.15, 0.2) is 0 Å². The molecular formula is C20H30N4O9S2. The number of fused-ring (bicyclic) bond motifs is 1. The topological polar surface area (TPSA) is 173 Å². The first-order valence-electron chi connectivity index (χ1n) is 11.6. The average Bonchev–Trinajstić information content (AvgIpc) is 3.46. The predicted octanol–water partition coefficient (Wildman–Crippen LogP) is 1.04. The average molecular weight is 535 g/mol. The minimum Gasteiger partial charge on any atom is -0.356 e. The lowest BCUT2D eigenvalue weighted by Gasteiger charge is -2.16. The van der Waals surface area contributed by atoms with Gasteiger partial charge in [-0.3, -0.25) is 14.4 Å². The first-order valence-corrected chi connectivity index (χ1v) is 13.4. The van der Waals surface area contributed by atoms with Crippen LogP contribution in [-0.4, -0.2) is 74.9 Å². The molecule has 3 fully saturated rings. The van der Waals surface area contributed by atoms with Gasteiger partial charge in [-0.2, -0.15) is 11.8 Å². The highest BCUT2D eigenvalue weighted by molar-refractivity contribution is 8.00. The fourth-order valence-corrected chi connectivity index (χ4v) is 6.19. The van der Waals surface area contributed by atoms with E-state index in [1.165, 1.54) is 0 Å². The van der Waals surface area contributed by atoms with E-state index in [9.17, 15) is 24.0 Å². The van der Waals surface area contributed by atoms with Crippen LogP contribution in [0.1, 0.15) is 57.8 Å². The van der Waals surface area contributed by atoms with Crippen molar-refractivity contribution in [2.75, 3.05) is 12.3 Å². The molecule has 4 atom stereocenters. The molecule has 0 spiro atoms. The number of carbonyl (C=O) groups excluding carboxylic acids is 5. The highest BCUT2D eigenvalue weighted by Crippen LogP contribution is 2.33. The Bertz CT molecular complexity index is 803. The van der Waals surface area contributed by atoms with E-state index < -0.39 is 23.0 Å². The number of unbranched alkanes of at least 4 members (excludes halogenated alkanes) is 3. The van der Waals surface area contributed by atoms with Gasteiger partial charge in [-0.05, 0) is 25.7 Å². The Kier molecular flexibility index (Phi) is 10.9. The molecule has 3 heterocycles. The van der Waals surface area contributed by atoms with E-state index >= 15 is 0 Å². The molecule has 0 radical (unpaired) electrons. The van der Waals surface area contributed by atoms with Crippen molar-refractivity contribution >= 4 is 53.5 Å². The minimum atomic E-state index is -0.965. The number of nitrogens with zero attached hydrogens (tertiary/aromatic N) is 1. The lowest BCUT2D eigenvalue weighted by molar-refractivity contribution is -0.432. The molecule has 4 unspecified atom stereocenters. The third-order valence-corrected chi connectivity index (χ3v) is 8.15. The molecule has 0 aromatic heterocycles. The SMILES string of the molecule is O=C(CCCCC1SCC2NC(=O)NC21)NCCCCCC(=O)ON1C(=O)CC(SOOO)C1=O. The highest BCUT2D eigenvalue weighted by Gasteiger charge is 2.43. The fraction of sp³-hybridized carbons (Fsp3) is 0.750. The number of rotatable bonds is 15. The van der Waals surface area contributed by atoms with Crippen molar-refractivity contribution in [3.8, 4) is 0 Å². The number of amides is 5. The van der Waals surface area contributed by atoms with Gasteiger partial charge in [0.2, 0.25) is 5.91 Å². The lowest BCUT2D eigenvalue weighted by atomic mass is 10.0. The lowest BCUT2D eigenvalue weighted by Crippen LogP contribution is -2.36. The first-order chi connectivity index (χ1) is 16.9. The maximum absolute atomic E-state index is 12.0. The molecule has 35 heavy (non-hydrogen) atoms. The van der Waals surface area contributed by atoms with E-state index in [1.807, 2.05) is 11.8 Å². The molecule has 0 aliphatic carbocycles. The molecule has 13 nitrogen and oxygen atoms in total. The van der Waals surface area contributed by atoms with Gasteiger partial charge < -0.3 is 20.8 Å². The second kappa shape index (κ2) is 13.9. The molecule has 3 aliphatic heterocycles. The third kappa shape index (κ3) is 8.24. The Hall–Kier alpha value is -2.07. The number of hydrogen-bond acceptors (Lipinski definition) is 11. The summed E-state index contributed by atoms with van der Waals surface area (Å²) >= 11 is 2.31. The summed E-state index contributed by atoms with van der Waals surface area (Å²) in [5.74, 6) is -1.23. The summed E-state index contributed by atoms with van der Waals surface area (Å²) in [7, 11) is 0. The Morgan fingerprint density at radius 1 is 1.11 bits per heavy atom. The van der Waals surface area contributed by atoms with E-state index in [4.69, 9.17) is 10.1 Å². The zero-order chi connectivity index (χ0) is 25.2. The summed E-state index contributed by atoms with van der Waals surface area (Å²) in [6.45, 7) is 0.503. The highest BCUT2D eigenvalue weighted by atomic mass is 32.2. The van der Waals surface area contributed by atoms with E-state index in [-0.39, 0.29) is 36.9 Å². The number of imide groups is 1. The quantitative estimate of drug-likeness (QED) is 0.0590. The van der Waals surface area contributed by atoms with Crippen LogP contribution < -0.4 is 16.0 Å². The van der Waals surface area contributed by atoms with Gasteiger partial charge >= 0.3 is 12.0 Å². The van der Waals surface area contributed by atoms with Crippen molar-refractivity contribution < 1.29 is 43.4 Å². The van der Waals surface area contributed by atoms with Crippen LogP contribution in [0.15, 0.2) is 0 Å². The number of thioether (sulfide) groups is 1. The van der Waals surface area contributed by atoms with Crippen LogP contribution in [0.5, 0.6) is 0 Å². The Morgan fingerprint density at radius 2 is 1.91 bits per heavy atom. The largest absolute Gasteiger partial charge is 0.356 e. The molecule has 0 saturated carbocycles. The van der Waals surface area contributed by atoms with Gasteiger partial charge in [-0.25, -0.2) is 14.8 Å². The summed E-state index contributed by atoms with van der Waals surface area (Å²) in [4.78, 5) is 63.9. The van der Waals surface area contributed by atoms with E-state index in [2.05, 4.69) is 25.3 Å². The van der Waals surface area contributed by atoms with Crippen molar-refractivity contribution in [1.29, 1.82) is 0 Å². The van der Waals surface area contributed by atoms with Crippen molar-refractivity contribution in [3.63, 3.8) is 0 Å². The van der Waals surface area contributed by atoms with Crippen LogP contribution in [0, 0.1) is 0 Å². The first kappa shape index (κ1) is 27.5. The maximum Gasteiger partial charge on any atom is 0.333 e. The molecule has 15 heteroatoms. The van der Waals surface area contributed by atoms with Crippen LogP contribution in [-0.2, 0) is 33.4 Å². The second-order valence-corrected chi connectivity index (χ2v) is 10.6. The van der Waals surface area contributed by atoms with Crippen molar-refractivity contribution in [2.45, 2.75) is 80.4 Å². The Morgan fingerprint density at radius 3 is 2.71 bits per heavy atom. The monoisotopic (exact) mass is 534 g/mol. The third-order valence-electron chi connectivity index (χ3n) is 5.90. The molecular weight excluding hydrogens is 504 g/mol. The molecule has 3 aliphatic rings. The van der Waals surface area contributed by atoms with E-state index in [1.54, 1.807) is 0 Å². The maximum atomic E-state index is 12.0. The molecule has 196 valence electrons. The summed E-state index contributed by atoms with van der Waals surface area (Å²) in [6, 6.07) is 0.312. The molecule has 5 amide bonds. The number of carbonyl (C=O) groups is 5. The summed E-state index contributed by atoms with van der Waals surface area (Å²) < 4.78 is 4.16. The molecule has 0 aromatic rings. The van der Waals surface area contributed by atoms with Crippen molar-refractivity contribution in [3.05, 3.63) is 0 Å². The smallest absolute Gasteiger partial charge is 0.333 e. The Labute approximate surface area is 210 Å². The molecule has 0 aromatic carbocycles. The number of hydroxylamine groups is 2. The van der Waals surface area contributed by atoms with Gasteiger partial charge in [-0.1, -0.05) is 17.9 Å². The normalized spacial score (nSPS) is 25.4. The molecule has 4 N–H and O–H groups in total. The number of urea groups is 1. The summed E-state index contributed by atoms with van der Waals surface area (Å²) in [5, 5.41) is 20.1. The summed E-state index contributed by atoms with van der Waals surface area (Å²) in [5.41, 5.74) is 0. The van der Waals surface area contributed by atoms with Crippen molar-refractivity contribution in [2.24, 2.45) is 0 Å². The van der Waals surface area contributed by atoms with E-state index in [0.29, 0.717) is 54.6 Å². The van der Waals surface area contributed by atoms with Crippen molar-refractivity contribution in [1.82, 2.24) is 21.0 Å². The number of hydrogen-bond donors (Lipinski definition) is 4. The second-order valence-electron chi connectivity index (χ2n) is 8.45. The zero-order valence-corrected chi connectivity index (χ0v) is 20.7. The van der Waals surface area contributed by atoms with Crippen LogP contribution in [0.3, 0.4) is 0 Å². The minimum absolute atomic E-state index is 0.00810. The van der Waals surface area contributed by atoms with Crippen LogP contribution in [0.25, 0.3) is 0 Å².